The van der Waals surface area contributed by atoms with Crippen molar-refractivity contribution in [3.63, 3.8) is 0 Å². The average Bonchev–Trinajstić information content (AvgIpc) is 2.98. The third kappa shape index (κ3) is 4.07. The summed E-state index contributed by atoms with van der Waals surface area (Å²) in [7, 11) is 0. The fourth-order valence-corrected chi connectivity index (χ4v) is 2.80. The zero-order valence-corrected chi connectivity index (χ0v) is 14.7. The highest BCUT2D eigenvalue weighted by Gasteiger charge is 2.15. The van der Waals surface area contributed by atoms with E-state index < -0.39 is 0 Å². The van der Waals surface area contributed by atoms with Gasteiger partial charge in [0.15, 0.2) is 5.82 Å². The van der Waals surface area contributed by atoms with Crippen LogP contribution in [0.25, 0.3) is 5.78 Å². The van der Waals surface area contributed by atoms with Gasteiger partial charge in [-0.05, 0) is 24.6 Å². The number of aliphatic hydroxyl groups is 2. The minimum absolute atomic E-state index is 0.0187. The Bertz CT molecular complexity index is 844. The van der Waals surface area contributed by atoms with Gasteiger partial charge < -0.3 is 15.1 Å². The molecule has 0 unspecified atom stereocenters. The first-order chi connectivity index (χ1) is 12.1. The summed E-state index contributed by atoms with van der Waals surface area (Å²) < 4.78 is 1.66. The third-order valence-corrected chi connectivity index (χ3v) is 4.06. The second kappa shape index (κ2) is 7.77. The van der Waals surface area contributed by atoms with Crippen LogP contribution in [0.15, 0.2) is 30.3 Å². The molecule has 3 rings (SSSR count). The van der Waals surface area contributed by atoms with E-state index in [1.54, 1.807) is 4.52 Å². The van der Waals surface area contributed by atoms with E-state index in [4.69, 9.17) is 11.6 Å². The molecule has 0 bridgehead atoms. The molecule has 0 saturated heterocycles. The van der Waals surface area contributed by atoms with Crippen molar-refractivity contribution in [2.45, 2.75) is 13.3 Å². The van der Waals surface area contributed by atoms with Crippen LogP contribution in [0.2, 0.25) is 5.02 Å². The van der Waals surface area contributed by atoms with Crippen molar-refractivity contribution >= 4 is 23.2 Å². The van der Waals surface area contributed by atoms with Gasteiger partial charge in [0.1, 0.15) is 5.82 Å². The number of nitrogens with zero attached hydrogens (tertiary/aromatic N) is 5. The van der Waals surface area contributed by atoms with Crippen molar-refractivity contribution in [2.75, 3.05) is 31.2 Å². The van der Waals surface area contributed by atoms with E-state index in [1.165, 1.54) is 0 Å². The lowest BCUT2D eigenvalue weighted by atomic mass is 10.1. The number of anilines is 1. The second-order valence-electron chi connectivity index (χ2n) is 5.73. The van der Waals surface area contributed by atoms with Crippen molar-refractivity contribution < 1.29 is 10.2 Å². The Kier molecular flexibility index (Phi) is 5.47. The molecule has 2 heterocycles. The van der Waals surface area contributed by atoms with Crippen LogP contribution in [-0.2, 0) is 6.42 Å². The predicted octanol–water partition coefficient (Wildman–Crippen LogP) is 1.47. The first kappa shape index (κ1) is 17.6. The van der Waals surface area contributed by atoms with Gasteiger partial charge in [-0.25, -0.2) is 4.98 Å². The van der Waals surface area contributed by atoms with Gasteiger partial charge in [-0.3, -0.25) is 0 Å². The number of hydrogen-bond acceptors (Lipinski definition) is 6. The summed E-state index contributed by atoms with van der Waals surface area (Å²) in [6, 6.07) is 9.43. The van der Waals surface area contributed by atoms with Gasteiger partial charge in [-0.2, -0.15) is 9.50 Å². The Morgan fingerprint density at radius 2 is 1.76 bits per heavy atom. The van der Waals surface area contributed by atoms with Gasteiger partial charge in [0.25, 0.3) is 5.78 Å². The number of benzene rings is 1. The topological polar surface area (TPSA) is 86.8 Å². The maximum Gasteiger partial charge on any atom is 0.254 e. The zero-order chi connectivity index (χ0) is 17.8. The number of aromatic nitrogens is 4. The van der Waals surface area contributed by atoms with Crippen LogP contribution in [0.5, 0.6) is 0 Å². The monoisotopic (exact) mass is 361 g/mol. The Balaban J connectivity index is 1.98. The lowest BCUT2D eigenvalue weighted by Gasteiger charge is -2.23. The zero-order valence-electron chi connectivity index (χ0n) is 13.9. The molecule has 2 aromatic heterocycles. The highest BCUT2D eigenvalue weighted by molar-refractivity contribution is 6.30. The van der Waals surface area contributed by atoms with E-state index >= 15 is 0 Å². The van der Waals surface area contributed by atoms with Crippen LogP contribution in [0.4, 0.5) is 5.82 Å². The molecule has 0 aliphatic rings. The molecule has 0 spiro atoms. The van der Waals surface area contributed by atoms with Gasteiger partial charge in [0.05, 0.1) is 13.2 Å². The molecule has 0 radical (unpaired) electrons. The highest BCUT2D eigenvalue weighted by Crippen LogP contribution is 2.18. The summed E-state index contributed by atoms with van der Waals surface area (Å²) >= 11 is 5.92. The van der Waals surface area contributed by atoms with E-state index in [-0.39, 0.29) is 13.2 Å². The third-order valence-electron chi connectivity index (χ3n) is 3.80. The first-order valence-electron chi connectivity index (χ1n) is 8.05. The molecule has 0 aliphatic heterocycles. The van der Waals surface area contributed by atoms with Crippen molar-refractivity contribution in [2.24, 2.45) is 0 Å². The van der Waals surface area contributed by atoms with E-state index in [0.717, 1.165) is 17.1 Å². The molecular formula is C17H20ClN5O2. The summed E-state index contributed by atoms with van der Waals surface area (Å²) in [5.41, 5.74) is 1.86. The van der Waals surface area contributed by atoms with E-state index in [0.29, 0.717) is 36.1 Å². The van der Waals surface area contributed by atoms with Gasteiger partial charge >= 0.3 is 0 Å². The molecule has 1 aromatic carbocycles. The van der Waals surface area contributed by atoms with Crippen LogP contribution in [0, 0.1) is 6.92 Å². The average molecular weight is 362 g/mol. The highest BCUT2D eigenvalue weighted by atomic mass is 35.5. The normalized spacial score (nSPS) is 11.2. The summed E-state index contributed by atoms with van der Waals surface area (Å²) in [5, 5.41) is 23.8. The molecule has 2 N–H and O–H groups in total. The standard InChI is InChI=1S/C17H20ClN5O2/c1-12-10-16(22(6-8-24)7-9-25)23-17(19-12)20-15(21-23)11-13-2-4-14(18)5-3-13/h2-5,10,24-25H,6-9,11H2,1H3. The van der Waals surface area contributed by atoms with Crippen molar-refractivity contribution in [1.82, 2.24) is 19.6 Å². The lowest BCUT2D eigenvalue weighted by Crippen LogP contribution is -2.31. The molecular weight excluding hydrogens is 342 g/mol. The molecule has 132 valence electrons. The minimum Gasteiger partial charge on any atom is -0.395 e. The van der Waals surface area contributed by atoms with E-state index in [1.807, 2.05) is 42.2 Å². The Morgan fingerprint density at radius 1 is 1.08 bits per heavy atom. The van der Waals surface area contributed by atoms with Gasteiger partial charge in [0, 0.05) is 36.3 Å². The van der Waals surface area contributed by atoms with Gasteiger partial charge in [-0.1, -0.05) is 23.7 Å². The molecule has 0 aliphatic carbocycles. The summed E-state index contributed by atoms with van der Waals surface area (Å²) in [6.07, 6.45) is 0.568. The summed E-state index contributed by atoms with van der Waals surface area (Å²) in [4.78, 5) is 10.8. The number of hydrogen-bond donors (Lipinski definition) is 2. The van der Waals surface area contributed by atoms with Crippen molar-refractivity contribution in [3.05, 3.63) is 52.4 Å². The molecule has 0 amide bonds. The number of aryl methyl sites for hydroxylation is 1. The minimum atomic E-state index is -0.0187. The summed E-state index contributed by atoms with van der Waals surface area (Å²) in [6.45, 7) is 2.63. The molecule has 0 atom stereocenters. The quantitative estimate of drug-likeness (QED) is 0.662. The maximum absolute atomic E-state index is 9.29. The fourth-order valence-electron chi connectivity index (χ4n) is 2.68. The van der Waals surface area contributed by atoms with Crippen LogP contribution in [-0.4, -0.2) is 56.1 Å². The largest absolute Gasteiger partial charge is 0.395 e. The predicted molar refractivity (Wildman–Crippen MR) is 96.2 cm³/mol. The lowest BCUT2D eigenvalue weighted by molar-refractivity contribution is 0.280. The van der Waals surface area contributed by atoms with Crippen molar-refractivity contribution in [3.8, 4) is 0 Å². The van der Waals surface area contributed by atoms with Crippen molar-refractivity contribution in [1.29, 1.82) is 0 Å². The van der Waals surface area contributed by atoms with Crippen LogP contribution < -0.4 is 4.90 Å². The smallest absolute Gasteiger partial charge is 0.254 e. The first-order valence-corrected chi connectivity index (χ1v) is 8.43. The number of aliphatic hydroxyl groups excluding tert-OH is 2. The maximum atomic E-state index is 9.29. The number of fused-ring (bicyclic) bond motifs is 1. The van der Waals surface area contributed by atoms with Crippen LogP contribution in [0.1, 0.15) is 17.1 Å². The number of halogens is 1. The van der Waals surface area contributed by atoms with Gasteiger partial charge in [-0.15, -0.1) is 5.10 Å². The molecule has 25 heavy (non-hydrogen) atoms. The van der Waals surface area contributed by atoms with Crippen LogP contribution >= 0.6 is 11.6 Å². The van der Waals surface area contributed by atoms with E-state index in [9.17, 15) is 10.2 Å². The fraction of sp³-hybridized carbons (Fsp3) is 0.353. The molecule has 7 nitrogen and oxygen atoms in total. The second-order valence-corrected chi connectivity index (χ2v) is 6.17. The number of rotatable bonds is 7. The molecule has 0 saturated carbocycles. The van der Waals surface area contributed by atoms with Gasteiger partial charge in [0.2, 0.25) is 0 Å². The van der Waals surface area contributed by atoms with Crippen LogP contribution in [0.3, 0.4) is 0 Å². The Hall–Kier alpha value is -2.22. The molecule has 0 fully saturated rings. The Labute approximate surface area is 150 Å². The summed E-state index contributed by atoms with van der Waals surface area (Å²) in [5.74, 6) is 1.90. The Morgan fingerprint density at radius 3 is 2.40 bits per heavy atom. The molecule has 8 heteroatoms. The van der Waals surface area contributed by atoms with E-state index in [2.05, 4.69) is 15.1 Å². The molecule has 3 aromatic rings. The SMILES string of the molecule is Cc1cc(N(CCO)CCO)n2nc(Cc3ccc(Cl)cc3)nc2n1.